The molecule has 1 aromatic heterocycles. The van der Waals surface area contributed by atoms with E-state index in [0.29, 0.717) is 11.9 Å². The van der Waals surface area contributed by atoms with Crippen LogP contribution in [-0.2, 0) is 12.3 Å². The van der Waals surface area contributed by atoms with Gasteiger partial charge in [0.05, 0.1) is 6.04 Å². The second-order valence-corrected chi connectivity index (χ2v) is 6.53. The summed E-state index contributed by atoms with van der Waals surface area (Å²) >= 11 is 14.0. The quantitative estimate of drug-likeness (QED) is 0.683. The van der Waals surface area contributed by atoms with Crippen LogP contribution in [0.1, 0.15) is 29.0 Å². The number of halogens is 2. The SMILES string of the molecule is CC1c2ccsc2CCN1c1ccc(Cl)cc1CCl. The first kappa shape index (κ1) is 13.3. The normalized spacial score (nSPS) is 18.5. The highest BCUT2D eigenvalue weighted by Gasteiger charge is 2.26. The number of hydrogen-bond acceptors (Lipinski definition) is 2. The lowest BCUT2D eigenvalue weighted by Gasteiger charge is -2.36. The van der Waals surface area contributed by atoms with E-state index in [1.807, 2.05) is 23.5 Å². The van der Waals surface area contributed by atoms with Crippen LogP contribution in [0.4, 0.5) is 5.69 Å². The van der Waals surface area contributed by atoms with Crippen molar-refractivity contribution in [3.05, 3.63) is 50.7 Å². The molecule has 1 aromatic carbocycles. The number of alkyl halides is 1. The fourth-order valence-electron chi connectivity index (χ4n) is 2.78. The molecular weight excluding hydrogens is 297 g/mol. The van der Waals surface area contributed by atoms with E-state index in [2.05, 4.69) is 29.3 Å². The first-order chi connectivity index (χ1) is 9.20. The summed E-state index contributed by atoms with van der Waals surface area (Å²) in [6.45, 7) is 3.30. The van der Waals surface area contributed by atoms with E-state index in [1.165, 1.54) is 16.1 Å². The summed E-state index contributed by atoms with van der Waals surface area (Å²) in [5.74, 6) is 0.496. The molecule has 0 saturated heterocycles. The van der Waals surface area contributed by atoms with Crippen molar-refractivity contribution < 1.29 is 0 Å². The third kappa shape index (κ3) is 2.37. The minimum Gasteiger partial charge on any atom is -0.364 e. The molecule has 0 bridgehead atoms. The zero-order valence-corrected chi connectivity index (χ0v) is 13.0. The number of nitrogens with zero attached hydrogens (tertiary/aromatic N) is 1. The van der Waals surface area contributed by atoms with Crippen molar-refractivity contribution in [2.24, 2.45) is 0 Å². The molecule has 2 heterocycles. The van der Waals surface area contributed by atoms with Gasteiger partial charge in [-0.05, 0) is 54.1 Å². The predicted octanol–water partition coefficient (Wildman–Crippen LogP) is 5.26. The van der Waals surface area contributed by atoms with Crippen LogP contribution in [0.15, 0.2) is 29.6 Å². The molecule has 3 rings (SSSR count). The van der Waals surface area contributed by atoms with Crippen LogP contribution in [0.2, 0.25) is 5.02 Å². The molecule has 1 aliphatic rings. The number of thiophene rings is 1. The van der Waals surface area contributed by atoms with Gasteiger partial charge in [-0.2, -0.15) is 0 Å². The van der Waals surface area contributed by atoms with E-state index in [1.54, 1.807) is 0 Å². The van der Waals surface area contributed by atoms with Gasteiger partial charge in [0, 0.05) is 28.0 Å². The van der Waals surface area contributed by atoms with Gasteiger partial charge in [-0.15, -0.1) is 22.9 Å². The summed E-state index contributed by atoms with van der Waals surface area (Å²) in [6.07, 6.45) is 1.11. The number of benzene rings is 1. The van der Waals surface area contributed by atoms with Crippen molar-refractivity contribution >= 4 is 40.2 Å². The molecule has 4 heteroatoms. The Morgan fingerprint density at radius 1 is 1.37 bits per heavy atom. The lowest BCUT2D eigenvalue weighted by atomic mass is 9.99. The topological polar surface area (TPSA) is 3.24 Å². The lowest BCUT2D eigenvalue weighted by molar-refractivity contribution is 0.631. The molecule has 1 atom stereocenters. The third-order valence-electron chi connectivity index (χ3n) is 3.77. The number of hydrogen-bond donors (Lipinski definition) is 0. The van der Waals surface area contributed by atoms with Crippen LogP contribution in [0.25, 0.3) is 0 Å². The predicted molar refractivity (Wildman–Crippen MR) is 84.8 cm³/mol. The van der Waals surface area contributed by atoms with Crippen LogP contribution in [-0.4, -0.2) is 6.54 Å². The van der Waals surface area contributed by atoms with Gasteiger partial charge in [0.25, 0.3) is 0 Å². The molecule has 2 aromatic rings. The van der Waals surface area contributed by atoms with Gasteiger partial charge in [-0.3, -0.25) is 0 Å². The van der Waals surface area contributed by atoms with Crippen molar-refractivity contribution in [3.63, 3.8) is 0 Å². The van der Waals surface area contributed by atoms with Crippen LogP contribution in [0.3, 0.4) is 0 Å². The lowest BCUT2D eigenvalue weighted by Crippen LogP contribution is -2.33. The molecule has 0 radical (unpaired) electrons. The summed E-state index contributed by atoms with van der Waals surface area (Å²) in [5.41, 5.74) is 3.77. The van der Waals surface area contributed by atoms with Crippen molar-refractivity contribution in [1.29, 1.82) is 0 Å². The Bertz CT molecular complexity index is 594. The van der Waals surface area contributed by atoms with E-state index in [4.69, 9.17) is 23.2 Å². The maximum absolute atomic E-state index is 6.07. The zero-order chi connectivity index (χ0) is 13.4. The first-order valence-electron chi connectivity index (χ1n) is 6.38. The smallest absolute Gasteiger partial charge is 0.0525 e. The maximum atomic E-state index is 6.07. The fraction of sp³-hybridized carbons (Fsp3) is 0.333. The van der Waals surface area contributed by atoms with E-state index in [9.17, 15) is 0 Å². The van der Waals surface area contributed by atoms with E-state index in [0.717, 1.165) is 23.6 Å². The first-order valence-corrected chi connectivity index (χ1v) is 8.17. The molecule has 0 amide bonds. The molecule has 1 unspecified atom stereocenters. The molecule has 0 N–H and O–H groups in total. The Labute approximate surface area is 127 Å². The van der Waals surface area contributed by atoms with Crippen molar-refractivity contribution in [3.8, 4) is 0 Å². The molecule has 0 aliphatic carbocycles. The van der Waals surface area contributed by atoms with Gasteiger partial charge in [-0.25, -0.2) is 0 Å². The number of rotatable bonds is 2. The fourth-order valence-corrected chi connectivity index (χ4v) is 4.15. The number of anilines is 1. The summed E-state index contributed by atoms with van der Waals surface area (Å²) < 4.78 is 0. The van der Waals surface area contributed by atoms with Crippen molar-refractivity contribution in [1.82, 2.24) is 0 Å². The molecule has 0 spiro atoms. The van der Waals surface area contributed by atoms with E-state index in [-0.39, 0.29) is 0 Å². The average Bonchev–Trinajstić information content (AvgIpc) is 2.89. The molecule has 0 fully saturated rings. The van der Waals surface area contributed by atoms with Crippen molar-refractivity contribution in [2.45, 2.75) is 25.3 Å². The Kier molecular flexibility index (Phi) is 3.75. The highest BCUT2D eigenvalue weighted by molar-refractivity contribution is 7.10. The monoisotopic (exact) mass is 311 g/mol. The number of fused-ring (bicyclic) bond motifs is 1. The Hall–Kier alpha value is -0.700. The van der Waals surface area contributed by atoms with Crippen LogP contribution >= 0.6 is 34.5 Å². The van der Waals surface area contributed by atoms with E-state index < -0.39 is 0 Å². The zero-order valence-electron chi connectivity index (χ0n) is 10.7. The van der Waals surface area contributed by atoms with Crippen LogP contribution in [0.5, 0.6) is 0 Å². The maximum Gasteiger partial charge on any atom is 0.0525 e. The second-order valence-electron chi connectivity index (χ2n) is 4.83. The Morgan fingerprint density at radius 3 is 3.00 bits per heavy atom. The van der Waals surface area contributed by atoms with Gasteiger partial charge in [0.2, 0.25) is 0 Å². The minimum absolute atomic E-state index is 0.401. The molecular formula is C15H15Cl2NS. The van der Waals surface area contributed by atoms with Crippen LogP contribution < -0.4 is 4.90 Å². The standard InChI is InChI=1S/C15H15Cl2NS/c1-10-13-5-7-19-15(13)4-6-18(10)14-3-2-12(17)8-11(14)9-16/h2-3,5,7-8,10H,4,6,9H2,1H3. The average molecular weight is 312 g/mol. The molecule has 19 heavy (non-hydrogen) atoms. The summed E-state index contributed by atoms with van der Waals surface area (Å²) in [4.78, 5) is 3.95. The van der Waals surface area contributed by atoms with Gasteiger partial charge >= 0.3 is 0 Å². The molecule has 100 valence electrons. The van der Waals surface area contributed by atoms with Gasteiger partial charge in [0.15, 0.2) is 0 Å². The minimum atomic E-state index is 0.401. The third-order valence-corrected chi connectivity index (χ3v) is 5.29. The highest BCUT2D eigenvalue weighted by Crippen LogP contribution is 2.38. The summed E-state index contributed by atoms with van der Waals surface area (Å²) in [6, 6.07) is 8.65. The molecule has 0 saturated carbocycles. The van der Waals surface area contributed by atoms with Gasteiger partial charge < -0.3 is 4.90 Å². The Balaban J connectivity index is 2.00. The largest absolute Gasteiger partial charge is 0.364 e. The van der Waals surface area contributed by atoms with Gasteiger partial charge in [0.1, 0.15) is 0 Å². The Morgan fingerprint density at radius 2 is 2.21 bits per heavy atom. The van der Waals surface area contributed by atoms with E-state index >= 15 is 0 Å². The van der Waals surface area contributed by atoms with Crippen molar-refractivity contribution in [2.75, 3.05) is 11.4 Å². The molecule has 1 nitrogen and oxygen atoms in total. The second kappa shape index (κ2) is 5.35. The highest BCUT2D eigenvalue weighted by atomic mass is 35.5. The van der Waals surface area contributed by atoms with Crippen LogP contribution in [0, 0.1) is 0 Å². The van der Waals surface area contributed by atoms with Gasteiger partial charge in [-0.1, -0.05) is 11.6 Å². The molecule has 1 aliphatic heterocycles. The summed E-state index contributed by atoms with van der Waals surface area (Å²) in [7, 11) is 0. The summed E-state index contributed by atoms with van der Waals surface area (Å²) in [5, 5.41) is 2.94.